The lowest BCUT2D eigenvalue weighted by Crippen LogP contribution is -2.16. The van der Waals surface area contributed by atoms with Crippen LogP contribution < -0.4 is 5.32 Å². The SMILES string of the molecule is C=CNC(=O)c1ccc(C(=O)OC)cc1. The van der Waals surface area contributed by atoms with Crippen LogP contribution in [-0.4, -0.2) is 19.0 Å². The van der Waals surface area contributed by atoms with Crippen molar-refractivity contribution in [3.8, 4) is 0 Å². The van der Waals surface area contributed by atoms with E-state index in [1.54, 1.807) is 12.1 Å². The van der Waals surface area contributed by atoms with Crippen molar-refractivity contribution >= 4 is 11.9 Å². The zero-order valence-electron chi connectivity index (χ0n) is 8.32. The van der Waals surface area contributed by atoms with Crippen LogP contribution in [0.4, 0.5) is 0 Å². The second kappa shape index (κ2) is 4.95. The van der Waals surface area contributed by atoms with Crippen molar-refractivity contribution in [2.45, 2.75) is 0 Å². The molecule has 0 aliphatic heterocycles. The van der Waals surface area contributed by atoms with E-state index in [9.17, 15) is 9.59 Å². The lowest BCUT2D eigenvalue weighted by Gasteiger charge is -2.01. The predicted octanol–water partition coefficient (Wildman–Crippen LogP) is 1.35. The zero-order chi connectivity index (χ0) is 11.3. The van der Waals surface area contributed by atoms with Crippen LogP contribution >= 0.6 is 0 Å². The van der Waals surface area contributed by atoms with Crippen molar-refractivity contribution in [1.82, 2.24) is 5.32 Å². The number of carbonyl (C=O) groups excluding carboxylic acids is 2. The summed E-state index contributed by atoms with van der Waals surface area (Å²) >= 11 is 0. The molecule has 15 heavy (non-hydrogen) atoms. The fourth-order valence-corrected chi connectivity index (χ4v) is 1.05. The molecule has 0 fully saturated rings. The third kappa shape index (κ3) is 2.67. The molecule has 0 atom stereocenters. The molecule has 0 aromatic heterocycles. The van der Waals surface area contributed by atoms with Gasteiger partial charge in [0.2, 0.25) is 0 Å². The van der Waals surface area contributed by atoms with Gasteiger partial charge in [-0.05, 0) is 30.5 Å². The minimum atomic E-state index is -0.425. The number of esters is 1. The molecule has 1 amide bonds. The second-order valence-electron chi connectivity index (χ2n) is 2.75. The molecule has 1 rings (SSSR count). The molecule has 1 N–H and O–H groups in total. The molecule has 0 radical (unpaired) electrons. The zero-order valence-corrected chi connectivity index (χ0v) is 8.32. The van der Waals surface area contributed by atoms with Gasteiger partial charge in [0.05, 0.1) is 12.7 Å². The topological polar surface area (TPSA) is 55.4 Å². The Hall–Kier alpha value is -2.10. The maximum Gasteiger partial charge on any atom is 0.337 e. The average Bonchev–Trinajstić information content (AvgIpc) is 2.28. The first-order valence-corrected chi connectivity index (χ1v) is 4.29. The smallest absolute Gasteiger partial charge is 0.337 e. The van der Waals surface area contributed by atoms with Gasteiger partial charge in [0.1, 0.15) is 0 Å². The monoisotopic (exact) mass is 205 g/mol. The van der Waals surface area contributed by atoms with Gasteiger partial charge in [-0.1, -0.05) is 6.58 Å². The van der Waals surface area contributed by atoms with Crippen molar-refractivity contribution in [2.75, 3.05) is 7.11 Å². The molecular formula is C11H11NO3. The quantitative estimate of drug-likeness (QED) is 0.758. The first-order valence-electron chi connectivity index (χ1n) is 4.29. The highest BCUT2D eigenvalue weighted by atomic mass is 16.5. The van der Waals surface area contributed by atoms with Gasteiger partial charge in [-0.2, -0.15) is 0 Å². The molecule has 0 spiro atoms. The number of carbonyl (C=O) groups is 2. The Labute approximate surface area is 87.6 Å². The van der Waals surface area contributed by atoms with Crippen LogP contribution in [0.25, 0.3) is 0 Å². The van der Waals surface area contributed by atoms with Crippen LogP contribution in [0.3, 0.4) is 0 Å². The molecule has 0 heterocycles. The third-order valence-electron chi connectivity index (χ3n) is 1.80. The summed E-state index contributed by atoms with van der Waals surface area (Å²) in [7, 11) is 1.31. The van der Waals surface area contributed by atoms with Crippen LogP contribution in [0.5, 0.6) is 0 Å². The Kier molecular flexibility index (Phi) is 3.62. The predicted molar refractivity (Wildman–Crippen MR) is 55.4 cm³/mol. The summed E-state index contributed by atoms with van der Waals surface area (Å²) in [5.74, 6) is -0.688. The number of nitrogens with one attached hydrogen (secondary N) is 1. The Balaban J connectivity index is 2.85. The fraction of sp³-hybridized carbons (Fsp3) is 0.0909. The van der Waals surface area contributed by atoms with Crippen LogP contribution in [0.15, 0.2) is 37.0 Å². The Morgan fingerprint density at radius 2 is 1.80 bits per heavy atom. The summed E-state index contributed by atoms with van der Waals surface area (Å²) in [5.41, 5.74) is 0.871. The number of amides is 1. The maximum absolute atomic E-state index is 11.3. The lowest BCUT2D eigenvalue weighted by molar-refractivity contribution is 0.0600. The van der Waals surface area contributed by atoms with Crippen molar-refractivity contribution in [3.63, 3.8) is 0 Å². The summed E-state index contributed by atoms with van der Waals surface area (Å²) < 4.78 is 4.53. The van der Waals surface area contributed by atoms with Gasteiger partial charge >= 0.3 is 5.97 Å². The molecule has 1 aromatic carbocycles. The van der Waals surface area contributed by atoms with Gasteiger partial charge in [0.15, 0.2) is 0 Å². The summed E-state index contributed by atoms with van der Waals surface area (Å²) in [6.07, 6.45) is 1.30. The van der Waals surface area contributed by atoms with Gasteiger partial charge in [-0.15, -0.1) is 0 Å². The van der Waals surface area contributed by atoms with E-state index in [2.05, 4.69) is 16.6 Å². The number of hydrogen-bond donors (Lipinski definition) is 1. The highest BCUT2D eigenvalue weighted by Gasteiger charge is 2.07. The minimum Gasteiger partial charge on any atom is -0.465 e. The van der Waals surface area contributed by atoms with Crippen molar-refractivity contribution < 1.29 is 14.3 Å². The summed E-state index contributed by atoms with van der Waals surface area (Å²) in [4.78, 5) is 22.4. The second-order valence-corrected chi connectivity index (χ2v) is 2.75. The molecule has 1 aromatic rings. The van der Waals surface area contributed by atoms with Gasteiger partial charge in [-0.25, -0.2) is 4.79 Å². The van der Waals surface area contributed by atoms with E-state index in [-0.39, 0.29) is 5.91 Å². The van der Waals surface area contributed by atoms with Crippen molar-refractivity contribution in [1.29, 1.82) is 0 Å². The molecule has 0 saturated heterocycles. The van der Waals surface area contributed by atoms with E-state index in [4.69, 9.17) is 0 Å². The largest absolute Gasteiger partial charge is 0.465 e. The van der Waals surface area contributed by atoms with E-state index in [0.29, 0.717) is 11.1 Å². The number of benzene rings is 1. The van der Waals surface area contributed by atoms with E-state index < -0.39 is 5.97 Å². The number of ether oxygens (including phenoxy) is 1. The molecular weight excluding hydrogens is 194 g/mol. The molecule has 0 unspecified atom stereocenters. The highest BCUT2D eigenvalue weighted by molar-refractivity contribution is 5.96. The maximum atomic E-state index is 11.3. The fourth-order valence-electron chi connectivity index (χ4n) is 1.05. The molecule has 4 nitrogen and oxygen atoms in total. The van der Waals surface area contributed by atoms with Crippen LogP contribution in [0.2, 0.25) is 0 Å². The van der Waals surface area contributed by atoms with Gasteiger partial charge in [0.25, 0.3) is 5.91 Å². The summed E-state index contributed by atoms with van der Waals surface area (Å²) in [5, 5.41) is 2.43. The number of rotatable bonds is 3. The van der Waals surface area contributed by atoms with Crippen molar-refractivity contribution in [2.24, 2.45) is 0 Å². The Morgan fingerprint density at radius 1 is 1.27 bits per heavy atom. The van der Waals surface area contributed by atoms with E-state index in [1.165, 1.54) is 25.4 Å². The lowest BCUT2D eigenvalue weighted by atomic mass is 10.1. The first-order chi connectivity index (χ1) is 7.19. The average molecular weight is 205 g/mol. The summed E-state index contributed by atoms with van der Waals surface area (Å²) in [6.45, 7) is 3.38. The normalized spacial score (nSPS) is 9.13. The van der Waals surface area contributed by atoms with Crippen LogP contribution in [-0.2, 0) is 4.74 Å². The first kappa shape index (κ1) is 11.0. The highest BCUT2D eigenvalue weighted by Crippen LogP contribution is 2.05. The standard InChI is InChI=1S/C11H11NO3/c1-3-12-10(13)8-4-6-9(7-5-8)11(14)15-2/h3-7H,1H2,2H3,(H,12,13). The minimum absolute atomic E-state index is 0.263. The Bertz CT molecular complexity index is 381. The molecule has 0 aliphatic rings. The third-order valence-corrected chi connectivity index (χ3v) is 1.80. The Morgan fingerprint density at radius 3 is 2.27 bits per heavy atom. The van der Waals surface area contributed by atoms with Crippen LogP contribution in [0, 0.1) is 0 Å². The van der Waals surface area contributed by atoms with Gasteiger partial charge < -0.3 is 10.1 Å². The van der Waals surface area contributed by atoms with Gasteiger partial charge in [0, 0.05) is 5.56 Å². The van der Waals surface area contributed by atoms with E-state index in [0.717, 1.165) is 0 Å². The number of methoxy groups -OCH3 is 1. The summed E-state index contributed by atoms with van der Waals surface area (Å²) in [6, 6.07) is 6.16. The number of hydrogen-bond acceptors (Lipinski definition) is 3. The molecule has 78 valence electrons. The molecule has 4 heteroatoms. The van der Waals surface area contributed by atoms with Crippen molar-refractivity contribution in [3.05, 3.63) is 48.2 Å². The van der Waals surface area contributed by atoms with E-state index >= 15 is 0 Å². The van der Waals surface area contributed by atoms with Gasteiger partial charge in [-0.3, -0.25) is 4.79 Å². The van der Waals surface area contributed by atoms with E-state index in [1.807, 2.05) is 0 Å². The van der Waals surface area contributed by atoms with Crippen LogP contribution in [0.1, 0.15) is 20.7 Å². The molecule has 0 saturated carbocycles. The molecule has 0 aliphatic carbocycles. The molecule has 0 bridgehead atoms.